The minimum atomic E-state index is -0.305. The van der Waals surface area contributed by atoms with Gasteiger partial charge in [-0.05, 0) is 13.0 Å². The Morgan fingerprint density at radius 2 is 2.05 bits per heavy atom. The van der Waals surface area contributed by atoms with Crippen LogP contribution in [-0.2, 0) is 11.3 Å². The Kier molecular flexibility index (Phi) is 5.19. The first kappa shape index (κ1) is 16.5. The number of carbonyl (C=O) groups is 1. The van der Waals surface area contributed by atoms with Crippen molar-refractivity contribution in [3.63, 3.8) is 0 Å². The topological polar surface area (TPSA) is 51.0 Å². The van der Waals surface area contributed by atoms with Crippen LogP contribution in [0.1, 0.15) is 44.1 Å². The van der Waals surface area contributed by atoms with E-state index in [2.05, 4.69) is 23.8 Å². The van der Waals surface area contributed by atoms with Gasteiger partial charge in [0, 0.05) is 43.7 Å². The van der Waals surface area contributed by atoms with E-state index < -0.39 is 0 Å². The van der Waals surface area contributed by atoms with Gasteiger partial charge in [0.05, 0.1) is 0 Å². The Hall–Kier alpha value is -1.88. The summed E-state index contributed by atoms with van der Waals surface area (Å²) in [5.41, 5.74) is 0.835. The summed E-state index contributed by atoms with van der Waals surface area (Å²) in [5.74, 6) is 1.19. The zero-order valence-corrected chi connectivity index (χ0v) is 14.1. The lowest BCUT2D eigenvalue weighted by Crippen LogP contribution is -2.33. The van der Waals surface area contributed by atoms with Gasteiger partial charge in [-0.15, -0.1) is 0 Å². The van der Waals surface area contributed by atoms with Crippen LogP contribution in [0, 0.1) is 0 Å². The Morgan fingerprint density at radius 1 is 1.32 bits per heavy atom. The highest BCUT2D eigenvalue weighted by Gasteiger charge is 2.22. The number of hydrogen-bond donors (Lipinski definition) is 0. The van der Waals surface area contributed by atoms with Gasteiger partial charge < -0.3 is 9.47 Å². The van der Waals surface area contributed by atoms with E-state index in [9.17, 15) is 4.79 Å². The number of aromatic nitrogens is 3. The van der Waals surface area contributed by atoms with Crippen LogP contribution in [-0.4, -0.2) is 32.4 Å². The average Bonchev–Trinajstić information content (AvgIpc) is 2.97. The molecule has 0 radical (unpaired) electrons. The third kappa shape index (κ3) is 3.47. The van der Waals surface area contributed by atoms with Crippen LogP contribution in [0.25, 0.3) is 0 Å². The second-order valence-electron chi connectivity index (χ2n) is 5.67. The summed E-state index contributed by atoms with van der Waals surface area (Å²) in [6.45, 7) is 6.45. The molecule has 0 bridgehead atoms. The molecule has 2 aromatic heterocycles. The van der Waals surface area contributed by atoms with E-state index in [1.807, 2.05) is 29.8 Å². The zero-order valence-electron chi connectivity index (χ0n) is 13.3. The van der Waals surface area contributed by atoms with Gasteiger partial charge >= 0.3 is 0 Å². The normalized spacial score (nSPS) is 12.5. The Bertz CT molecular complexity index is 653. The van der Waals surface area contributed by atoms with E-state index in [0.29, 0.717) is 11.7 Å². The molecule has 2 rings (SSSR count). The molecule has 2 aromatic rings. The highest BCUT2D eigenvalue weighted by atomic mass is 35.5. The summed E-state index contributed by atoms with van der Waals surface area (Å²) in [6, 6.07) is 3.39. The van der Waals surface area contributed by atoms with Crippen LogP contribution in [0.4, 0.5) is 0 Å². The van der Waals surface area contributed by atoms with Crippen molar-refractivity contribution >= 4 is 17.5 Å². The van der Waals surface area contributed by atoms with Crippen molar-refractivity contribution in [1.29, 1.82) is 0 Å². The molecule has 118 valence electrons. The maximum absolute atomic E-state index is 12.6. The molecule has 1 amide bonds. The van der Waals surface area contributed by atoms with Crippen LogP contribution < -0.4 is 0 Å². The SMILES string of the molecule is CC(C)c1nccn1[C@H](C)C(=O)N(C)Cc1cccnc1Cl. The van der Waals surface area contributed by atoms with Crippen LogP contribution in [0.15, 0.2) is 30.7 Å². The fourth-order valence-corrected chi connectivity index (χ4v) is 2.59. The molecule has 0 aliphatic carbocycles. The Morgan fingerprint density at radius 3 is 2.68 bits per heavy atom. The summed E-state index contributed by atoms with van der Waals surface area (Å²) in [7, 11) is 1.77. The van der Waals surface area contributed by atoms with Crippen molar-refractivity contribution in [2.24, 2.45) is 0 Å². The average molecular weight is 321 g/mol. The van der Waals surface area contributed by atoms with Crippen LogP contribution in [0.5, 0.6) is 0 Å². The first-order valence-electron chi connectivity index (χ1n) is 7.29. The molecule has 0 aliphatic heterocycles. The summed E-state index contributed by atoms with van der Waals surface area (Å²) in [4.78, 5) is 22.7. The molecule has 6 heteroatoms. The van der Waals surface area contributed by atoms with E-state index in [1.165, 1.54) is 0 Å². The highest BCUT2D eigenvalue weighted by molar-refractivity contribution is 6.30. The molecule has 0 unspecified atom stereocenters. The van der Waals surface area contributed by atoms with E-state index in [-0.39, 0.29) is 17.9 Å². The van der Waals surface area contributed by atoms with Crippen molar-refractivity contribution in [1.82, 2.24) is 19.4 Å². The highest BCUT2D eigenvalue weighted by Crippen LogP contribution is 2.20. The number of pyridine rings is 1. The van der Waals surface area contributed by atoms with Gasteiger partial charge in [0.25, 0.3) is 0 Å². The van der Waals surface area contributed by atoms with Gasteiger partial charge in [0.15, 0.2) is 0 Å². The minimum Gasteiger partial charge on any atom is -0.340 e. The summed E-state index contributed by atoms with van der Waals surface area (Å²) in [6.07, 6.45) is 5.22. The lowest BCUT2D eigenvalue weighted by atomic mass is 10.2. The first-order chi connectivity index (χ1) is 10.4. The number of rotatable bonds is 5. The molecule has 5 nitrogen and oxygen atoms in total. The van der Waals surface area contributed by atoms with Crippen LogP contribution >= 0.6 is 11.6 Å². The van der Waals surface area contributed by atoms with Gasteiger partial charge in [-0.3, -0.25) is 4.79 Å². The maximum Gasteiger partial charge on any atom is 0.245 e. The summed E-state index contributed by atoms with van der Waals surface area (Å²) >= 11 is 6.05. The number of likely N-dealkylation sites (N-methyl/N-ethyl adjacent to an activating group) is 1. The molecular formula is C16H21ClN4O. The zero-order chi connectivity index (χ0) is 16.3. The predicted octanol–water partition coefficient (Wildman–Crippen LogP) is 3.27. The van der Waals surface area contributed by atoms with Gasteiger partial charge in [-0.1, -0.05) is 31.5 Å². The molecule has 0 N–H and O–H groups in total. The third-order valence-electron chi connectivity index (χ3n) is 3.61. The maximum atomic E-state index is 12.6. The van der Waals surface area contributed by atoms with E-state index in [0.717, 1.165) is 11.4 Å². The molecule has 0 saturated heterocycles. The molecule has 22 heavy (non-hydrogen) atoms. The Labute approximate surface area is 135 Å². The molecule has 0 fully saturated rings. The van der Waals surface area contributed by atoms with E-state index in [1.54, 1.807) is 24.3 Å². The molecule has 2 heterocycles. The second kappa shape index (κ2) is 6.92. The monoisotopic (exact) mass is 320 g/mol. The van der Waals surface area contributed by atoms with Gasteiger partial charge in [-0.25, -0.2) is 9.97 Å². The summed E-state index contributed by atoms with van der Waals surface area (Å²) < 4.78 is 1.92. The third-order valence-corrected chi connectivity index (χ3v) is 3.95. The van der Waals surface area contributed by atoms with Crippen molar-refractivity contribution in [3.05, 3.63) is 47.3 Å². The fourth-order valence-electron chi connectivity index (χ4n) is 2.41. The number of nitrogens with zero attached hydrogens (tertiary/aromatic N) is 4. The smallest absolute Gasteiger partial charge is 0.245 e. The molecule has 0 saturated carbocycles. The quantitative estimate of drug-likeness (QED) is 0.794. The first-order valence-corrected chi connectivity index (χ1v) is 7.66. The number of amides is 1. The Balaban J connectivity index is 2.13. The van der Waals surface area contributed by atoms with E-state index in [4.69, 9.17) is 11.6 Å². The number of carbonyl (C=O) groups excluding carboxylic acids is 1. The predicted molar refractivity (Wildman–Crippen MR) is 86.7 cm³/mol. The minimum absolute atomic E-state index is 0.0137. The van der Waals surface area contributed by atoms with Crippen LogP contribution in [0.3, 0.4) is 0 Å². The largest absolute Gasteiger partial charge is 0.340 e. The standard InChI is InChI=1S/C16H21ClN4O/c1-11(2)15-19-8-9-21(15)12(3)16(22)20(4)10-13-6-5-7-18-14(13)17/h5-9,11-12H,10H2,1-4H3/t12-/m1/s1. The second-order valence-corrected chi connectivity index (χ2v) is 6.03. The molecular weight excluding hydrogens is 300 g/mol. The lowest BCUT2D eigenvalue weighted by molar-refractivity contribution is -0.133. The van der Waals surface area contributed by atoms with Gasteiger partial charge in [0.1, 0.15) is 17.0 Å². The molecule has 0 aromatic carbocycles. The molecule has 1 atom stereocenters. The molecule has 0 spiro atoms. The van der Waals surface area contributed by atoms with Crippen molar-refractivity contribution < 1.29 is 4.79 Å². The molecule has 0 aliphatic rings. The van der Waals surface area contributed by atoms with Gasteiger partial charge in [-0.2, -0.15) is 0 Å². The van der Waals surface area contributed by atoms with E-state index >= 15 is 0 Å². The van der Waals surface area contributed by atoms with Gasteiger partial charge in [0.2, 0.25) is 5.91 Å². The van der Waals surface area contributed by atoms with Crippen molar-refractivity contribution in [2.45, 2.75) is 39.3 Å². The van der Waals surface area contributed by atoms with Crippen molar-refractivity contribution in [3.8, 4) is 0 Å². The number of halogens is 1. The lowest BCUT2D eigenvalue weighted by Gasteiger charge is -2.24. The van der Waals surface area contributed by atoms with Crippen LogP contribution in [0.2, 0.25) is 5.15 Å². The number of hydrogen-bond acceptors (Lipinski definition) is 3. The van der Waals surface area contributed by atoms with Crippen molar-refractivity contribution in [2.75, 3.05) is 7.05 Å². The number of imidazole rings is 1. The fraction of sp³-hybridized carbons (Fsp3) is 0.438. The summed E-state index contributed by atoms with van der Waals surface area (Å²) in [5, 5.41) is 0.431.